The molecule has 1 aliphatic rings. The van der Waals surface area contributed by atoms with E-state index >= 15 is 0 Å². The molecule has 2 atom stereocenters. The first-order valence-corrected chi connectivity index (χ1v) is 7.66. The van der Waals surface area contributed by atoms with Gasteiger partial charge in [0.1, 0.15) is 0 Å². The van der Waals surface area contributed by atoms with Gasteiger partial charge in [0.25, 0.3) is 0 Å². The number of rotatable bonds is 5. The highest BCUT2D eigenvalue weighted by atomic mass is 32.1. The highest BCUT2D eigenvalue weighted by Crippen LogP contribution is 2.35. The molecule has 1 amide bonds. The Kier molecular flexibility index (Phi) is 3.52. The minimum absolute atomic E-state index is 0.00490. The van der Waals surface area contributed by atoms with E-state index in [-0.39, 0.29) is 17.9 Å². The molecule has 0 aliphatic heterocycles. The lowest BCUT2D eigenvalue weighted by Gasteiger charge is -2.16. The molecule has 1 fully saturated rings. The second kappa shape index (κ2) is 5.32. The number of carbonyl (C=O) groups excluding carboxylic acids is 1. The summed E-state index contributed by atoms with van der Waals surface area (Å²) in [7, 11) is 0. The lowest BCUT2D eigenvalue weighted by atomic mass is 10.1. The SMILES string of the molecule is C[C@H](NC(=O)[C@@H](C)c1cccs1)c1nnnn1C1CC1. The van der Waals surface area contributed by atoms with Crippen molar-refractivity contribution >= 4 is 17.2 Å². The van der Waals surface area contributed by atoms with Crippen LogP contribution in [0.4, 0.5) is 0 Å². The van der Waals surface area contributed by atoms with Crippen LogP contribution < -0.4 is 5.32 Å². The number of carbonyl (C=O) groups is 1. The largest absolute Gasteiger partial charge is 0.346 e. The van der Waals surface area contributed by atoms with Gasteiger partial charge >= 0.3 is 0 Å². The molecule has 1 aliphatic carbocycles. The zero-order valence-corrected chi connectivity index (χ0v) is 12.3. The van der Waals surface area contributed by atoms with Crippen LogP contribution in [-0.2, 0) is 4.79 Å². The first-order valence-electron chi connectivity index (χ1n) is 6.78. The van der Waals surface area contributed by atoms with Gasteiger partial charge in [-0.25, -0.2) is 4.68 Å². The molecule has 0 saturated heterocycles. The molecular weight excluding hydrogens is 274 g/mol. The molecule has 7 heteroatoms. The standard InChI is InChI=1S/C13H17N5OS/c1-8(11-4-3-7-20-11)13(19)14-9(2)12-15-16-17-18(12)10-5-6-10/h3-4,7-10H,5-6H2,1-2H3,(H,14,19)/t8-,9-/m0/s1. The predicted molar refractivity (Wildman–Crippen MR) is 75.4 cm³/mol. The maximum atomic E-state index is 12.3. The van der Waals surface area contributed by atoms with Crippen LogP contribution in [0.1, 0.15) is 55.4 Å². The number of nitrogens with zero attached hydrogens (tertiary/aromatic N) is 4. The summed E-state index contributed by atoms with van der Waals surface area (Å²) < 4.78 is 1.83. The van der Waals surface area contributed by atoms with E-state index in [1.54, 1.807) is 11.3 Å². The van der Waals surface area contributed by atoms with Gasteiger partial charge in [-0.2, -0.15) is 0 Å². The highest BCUT2D eigenvalue weighted by molar-refractivity contribution is 7.10. The number of hydrogen-bond acceptors (Lipinski definition) is 5. The molecule has 1 N–H and O–H groups in total. The van der Waals surface area contributed by atoms with Crippen LogP contribution in [0.3, 0.4) is 0 Å². The first-order chi connectivity index (χ1) is 9.66. The van der Waals surface area contributed by atoms with Gasteiger partial charge in [0.05, 0.1) is 18.0 Å². The van der Waals surface area contributed by atoms with E-state index in [1.807, 2.05) is 36.0 Å². The van der Waals surface area contributed by atoms with E-state index in [1.165, 1.54) is 0 Å². The maximum absolute atomic E-state index is 12.3. The Morgan fingerprint density at radius 1 is 1.50 bits per heavy atom. The number of thiophene rings is 1. The van der Waals surface area contributed by atoms with Crippen molar-refractivity contribution in [3.8, 4) is 0 Å². The van der Waals surface area contributed by atoms with Crippen LogP contribution in [0, 0.1) is 0 Å². The Morgan fingerprint density at radius 2 is 2.30 bits per heavy atom. The normalized spacial score (nSPS) is 17.7. The third kappa shape index (κ3) is 2.58. The Labute approximate surface area is 121 Å². The molecule has 1 saturated carbocycles. The van der Waals surface area contributed by atoms with Crippen LogP contribution in [0.25, 0.3) is 0 Å². The Balaban J connectivity index is 1.67. The summed E-state index contributed by atoms with van der Waals surface area (Å²) in [6.07, 6.45) is 2.23. The molecule has 0 radical (unpaired) electrons. The third-order valence-corrected chi connectivity index (χ3v) is 4.58. The molecule has 0 aromatic carbocycles. The highest BCUT2D eigenvalue weighted by Gasteiger charge is 2.30. The topological polar surface area (TPSA) is 72.7 Å². The molecule has 0 spiro atoms. The zero-order chi connectivity index (χ0) is 14.1. The fraction of sp³-hybridized carbons (Fsp3) is 0.538. The van der Waals surface area contributed by atoms with Crippen LogP contribution in [0.5, 0.6) is 0 Å². The summed E-state index contributed by atoms with van der Waals surface area (Å²) in [5, 5.41) is 16.8. The Hall–Kier alpha value is -1.76. The average molecular weight is 291 g/mol. The summed E-state index contributed by atoms with van der Waals surface area (Å²) in [5.41, 5.74) is 0. The van der Waals surface area contributed by atoms with E-state index in [0.717, 1.165) is 23.5 Å². The van der Waals surface area contributed by atoms with Gasteiger partial charge in [0, 0.05) is 4.88 Å². The number of amides is 1. The van der Waals surface area contributed by atoms with E-state index in [2.05, 4.69) is 20.8 Å². The van der Waals surface area contributed by atoms with E-state index in [4.69, 9.17) is 0 Å². The second-order valence-corrected chi connectivity index (χ2v) is 6.16. The lowest BCUT2D eigenvalue weighted by Crippen LogP contribution is -2.31. The molecule has 3 rings (SSSR count). The molecular formula is C13H17N5OS. The molecule has 106 valence electrons. The minimum atomic E-state index is -0.180. The molecule has 20 heavy (non-hydrogen) atoms. The molecule has 2 aromatic rings. The van der Waals surface area contributed by atoms with Crippen molar-refractivity contribution < 1.29 is 4.79 Å². The second-order valence-electron chi connectivity index (χ2n) is 5.18. The van der Waals surface area contributed by atoms with E-state index in [9.17, 15) is 4.79 Å². The van der Waals surface area contributed by atoms with Crippen LogP contribution in [-0.4, -0.2) is 26.1 Å². The van der Waals surface area contributed by atoms with Crippen molar-refractivity contribution in [2.75, 3.05) is 0 Å². The summed E-state index contributed by atoms with van der Waals surface area (Å²) >= 11 is 1.60. The molecule has 2 aromatic heterocycles. The molecule has 6 nitrogen and oxygen atoms in total. The van der Waals surface area contributed by atoms with Gasteiger partial charge in [-0.1, -0.05) is 6.07 Å². The minimum Gasteiger partial charge on any atom is -0.346 e. The lowest BCUT2D eigenvalue weighted by molar-refractivity contribution is -0.122. The van der Waals surface area contributed by atoms with Gasteiger partial charge in [-0.15, -0.1) is 16.4 Å². The van der Waals surface area contributed by atoms with E-state index < -0.39 is 0 Å². The van der Waals surface area contributed by atoms with Crippen molar-refractivity contribution in [1.29, 1.82) is 0 Å². The predicted octanol–water partition coefficient (Wildman–Crippen LogP) is 2.05. The molecule has 0 bridgehead atoms. The van der Waals surface area contributed by atoms with Crippen LogP contribution in [0.15, 0.2) is 17.5 Å². The summed E-state index contributed by atoms with van der Waals surface area (Å²) in [6.45, 7) is 3.83. The fourth-order valence-electron chi connectivity index (χ4n) is 2.13. The maximum Gasteiger partial charge on any atom is 0.228 e. The van der Waals surface area contributed by atoms with Crippen molar-refractivity contribution in [3.63, 3.8) is 0 Å². The van der Waals surface area contributed by atoms with Crippen molar-refractivity contribution in [3.05, 3.63) is 28.2 Å². The van der Waals surface area contributed by atoms with Gasteiger partial charge < -0.3 is 5.32 Å². The molecule has 2 heterocycles. The summed E-state index contributed by atoms with van der Waals surface area (Å²) in [4.78, 5) is 13.3. The zero-order valence-electron chi connectivity index (χ0n) is 11.5. The van der Waals surface area contributed by atoms with Crippen LogP contribution >= 0.6 is 11.3 Å². The number of nitrogens with one attached hydrogen (secondary N) is 1. The monoisotopic (exact) mass is 291 g/mol. The smallest absolute Gasteiger partial charge is 0.228 e. The quantitative estimate of drug-likeness (QED) is 0.915. The van der Waals surface area contributed by atoms with Crippen molar-refractivity contribution in [1.82, 2.24) is 25.5 Å². The summed E-state index contributed by atoms with van der Waals surface area (Å²) in [5.74, 6) is 0.590. The van der Waals surface area contributed by atoms with Gasteiger partial charge in [0.15, 0.2) is 5.82 Å². The van der Waals surface area contributed by atoms with Crippen molar-refractivity contribution in [2.45, 2.75) is 44.7 Å². The van der Waals surface area contributed by atoms with Crippen LogP contribution in [0.2, 0.25) is 0 Å². The average Bonchev–Trinajstić information content (AvgIpc) is 2.97. The van der Waals surface area contributed by atoms with Gasteiger partial charge in [-0.3, -0.25) is 4.79 Å². The number of tetrazole rings is 1. The number of hydrogen-bond donors (Lipinski definition) is 1. The van der Waals surface area contributed by atoms with Crippen molar-refractivity contribution in [2.24, 2.45) is 0 Å². The first kappa shape index (κ1) is 13.2. The summed E-state index contributed by atoms with van der Waals surface area (Å²) in [6, 6.07) is 4.17. The Morgan fingerprint density at radius 3 is 2.95 bits per heavy atom. The van der Waals surface area contributed by atoms with Gasteiger partial charge in [-0.05, 0) is 48.6 Å². The fourth-order valence-corrected chi connectivity index (χ4v) is 2.92. The number of aromatic nitrogens is 4. The third-order valence-electron chi connectivity index (χ3n) is 3.52. The van der Waals surface area contributed by atoms with E-state index in [0.29, 0.717) is 6.04 Å². The Bertz CT molecular complexity index is 590. The van der Waals surface area contributed by atoms with Gasteiger partial charge in [0.2, 0.25) is 5.91 Å². The molecule has 0 unspecified atom stereocenters.